The fourth-order valence-corrected chi connectivity index (χ4v) is 2.03. The van der Waals surface area contributed by atoms with E-state index in [2.05, 4.69) is 55.9 Å². The van der Waals surface area contributed by atoms with E-state index < -0.39 is 0 Å². The lowest BCUT2D eigenvalue weighted by molar-refractivity contribution is 0.292. The van der Waals surface area contributed by atoms with E-state index in [4.69, 9.17) is 16.3 Å². The van der Waals surface area contributed by atoms with Crippen molar-refractivity contribution in [2.45, 2.75) is 39.7 Å². The molecule has 1 aromatic carbocycles. The first-order chi connectivity index (χ1) is 9.36. The van der Waals surface area contributed by atoms with Crippen molar-refractivity contribution in [1.29, 1.82) is 0 Å². The summed E-state index contributed by atoms with van der Waals surface area (Å²) in [5.41, 5.74) is 3.16. The van der Waals surface area contributed by atoms with E-state index in [1.165, 1.54) is 17.3 Å². The standard InChI is InChI=1S/C16H19ClN2O/c1-11-5-6-13(16(2,3)4)14(7-11)20-10-12-8-19-15(17)9-18-12/h5-9H,10H2,1-4H3. The molecule has 106 valence electrons. The summed E-state index contributed by atoms with van der Waals surface area (Å²) in [6.45, 7) is 8.96. The van der Waals surface area contributed by atoms with Crippen LogP contribution in [0, 0.1) is 6.92 Å². The second kappa shape index (κ2) is 5.80. The number of aryl methyl sites for hydroxylation is 1. The van der Waals surface area contributed by atoms with Gasteiger partial charge in [-0.2, -0.15) is 0 Å². The fraction of sp³-hybridized carbons (Fsp3) is 0.375. The molecule has 0 amide bonds. The van der Waals surface area contributed by atoms with E-state index in [9.17, 15) is 0 Å². The monoisotopic (exact) mass is 290 g/mol. The van der Waals surface area contributed by atoms with Crippen molar-refractivity contribution < 1.29 is 4.74 Å². The highest BCUT2D eigenvalue weighted by Gasteiger charge is 2.19. The Morgan fingerprint density at radius 3 is 2.50 bits per heavy atom. The van der Waals surface area contributed by atoms with Crippen molar-refractivity contribution in [3.8, 4) is 5.75 Å². The van der Waals surface area contributed by atoms with Crippen molar-refractivity contribution >= 4 is 11.6 Å². The van der Waals surface area contributed by atoms with Crippen LogP contribution < -0.4 is 4.74 Å². The molecule has 2 aromatic rings. The minimum absolute atomic E-state index is 0.0364. The van der Waals surface area contributed by atoms with Gasteiger partial charge in [0.25, 0.3) is 0 Å². The Labute approximate surface area is 125 Å². The smallest absolute Gasteiger partial charge is 0.147 e. The van der Waals surface area contributed by atoms with Gasteiger partial charge in [0.2, 0.25) is 0 Å². The molecule has 0 saturated heterocycles. The number of aromatic nitrogens is 2. The fourth-order valence-electron chi connectivity index (χ4n) is 1.93. The highest BCUT2D eigenvalue weighted by atomic mass is 35.5. The molecule has 0 bridgehead atoms. The van der Waals surface area contributed by atoms with Crippen LogP contribution in [0.5, 0.6) is 5.75 Å². The van der Waals surface area contributed by atoms with Gasteiger partial charge in [0, 0.05) is 0 Å². The van der Waals surface area contributed by atoms with Crippen molar-refractivity contribution in [2.75, 3.05) is 0 Å². The third-order valence-electron chi connectivity index (χ3n) is 2.99. The van der Waals surface area contributed by atoms with Crippen LogP contribution in [0.15, 0.2) is 30.6 Å². The first-order valence-electron chi connectivity index (χ1n) is 6.56. The molecule has 0 N–H and O–H groups in total. The molecule has 0 spiro atoms. The molecule has 1 aromatic heterocycles. The summed E-state index contributed by atoms with van der Waals surface area (Å²) in [6, 6.07) is 6.29. The third-order valence-corrected chi connectivity index (χ3v) is 3.19. The van der Waals surface area contributed by atoms with Gasteiger partial charge in [-0.25, -0.2) is 4.98 Å². The zero-order chi connectivity index (χ0) is 14.8. The molecule has 0 saturated carbocycles. The molecular weight excluding hydrogens is 272 g/mol. The van der Waals surface area contributed by atoms with Crippen LogP contribution in [0.1, 0.15) is 37.6 Å². The minimum Gasteiger partial charge on any atom is -0.487 e. The molecule has 0 aliphatic carbocycles. The molecular formula is C16H19ClN2O. The average molecular weight is 291 g/mol. The van der Waals surface area contributed by atoms with Crippen molar-refractivity contribution in [2.24, 2.45) is 0 Å². The highest BCUT2D eigenvalue weighted by molar-refractivity contribution is 6.29. The summed E-state index contributed by atoms with van der Waals surface area (Å²) >= 11 is 5.72. The van der Waals surface area contributed by atoms with E-state index in [-0.39, 0.29) is 5.41 Å². The van der Waals surface area contributed by atoms with Crippen LogP contribution in [-0.4, -0.2) is 9.97 Å². The van der Waals surface area contributed by atoms with Crippen LogP contribution >= 0.6 is 11.6 Å². The normalized spacial score (nSPS) is 11.4. The third kappa shape index (κ3) is 3.70. The van der Waals surface area contributed by atoms with Gasteiger partial charge in [0.1, 0.15) is 17.5 Å². The van der Waals surface area contributed by atoms with Gasteiger partial charge in [0.05, 0.1) is 18.1 Å². The summed E-state index contributed by atoms with van der Waals surface area (Å²) in [7, 11) is 0. The summed E-state index contributed by atoms with van der Waals surface area (Å²) in [5, 5.41) is 0.389. The number of nitrogens with zero attached hydrogens (tertiary/aromatic N) is 2. The number of ether oxygens (including phenoxy) is 1. The number of hydrogen-bond donors (Lipinski definition) is 0. The molecule has 0 aliphatic rings. The topological polar surface area (TPSA) is 35.0 Å². The number of halogens is 1. The zero-order valence-electron chi connectivity index (χ0n) is 12.3. The molecule has 20 heavy (non-hydrogen) atoms. The lowest BCUT2D eigenvalue weighted by atomic mass is 9.86. The Hall–Kier alpha value is -1.61. The molecule has 0 radical (unpaired) electrons. The molecule has 4 heteroatoms. The average Bonchev–Trinajstić information content (AvgIpc) is 2.36. The lowest BCUT2D eigenvalue weighted by Gasteiger charge is -2.23. The molecule has 0 atom stereocenters. The first kappa shape index (κ1) is 14.8. The van der Waals surface area contributed by atoms with Crippen LogP contribution in [0.4, 0.5) is 0 Å². The number of rotatable bonds is 3. The maximum Gasteiger partial charge on any atom is 0.147 e. The van der Waals surface area contributed by atoms with Crippen LogP contribution in [0.2, 0.25) is 5.15 Å². The Balaban J connectivity index is 2.20. The minimum atomic E-state index is 0.0364. The maximum absolute atomic E-state index is 5.92. The van der Waals surface area contributed by atoms with Gasteiger partial charge in [-0.3, -0.25) is 4.98 Å². The Bertz CT molecular complexity index is 588. The van der Waals surface area contributed by atoms with E-state index >= 15 is 0 Å². The molecule has 0 fully saturated rings. The Kier molecular flexibility index (Phi) is 4.29. The Morgan fingerprint density at radius 1 is 1.15 bits per heavy atom. The van der Waals surface area contributed by atoms with Crippen LogP contribution in [-0.2, 0) is 12.0 Å². The summed E-state index contributed by atoms with van der Waals surface area (Å²) in [6.07, 6.45) is 3.16. The second-order valence-corrected chi connectivity index (χ2v) is 6.26. The molecule has 1 heterocycles. The van der Waals surface area contributed by atoms with Crippen molar-refractivity contribution in [3.63, 3.8) is 0 Å². The van der Waals surface area contributed by atoms with Crippen LogP contribution in [0.25, 0.3) is 0 Å². The largest absolute Gasteiger partial charge is 0.487 e. The SMILES string of the molecule is Cc1ccc(C(C)(C)C)c(OCc2cnc(Cl)cn2)c1. The van der Waals surface area contributed by atoms with E-state index in [0.29, 0.717) is 11.8 Å². The number of hydrogen-bond acceptors (Lipinski definition) is 3. The van der Waals surface area contributed by atoms with Gasteiger partial charge in [-0.1, -0.05) is 44.5 Å². The maximum atomic E-state index is 5.92. The molecule has 0 unspecified atom stereocenters. The summed E-state index contributed by atoms with van der Waals surface area (Å²) < 4.78 is 5.92. The van der Waals surface area contributed by atoms with Crippen molar-refractivity contribution in [1.82, 2.24) is 9.97 Å². The Morgan fingerprint density at radius 2 is 1.90 bits per heavy atom. The quantitative estimate of drug-likeness (QED) is 0.844. The number of benzene rings is 1. The lowest BCUT2D eigenvalue weighted by Crippen LogP contribution is -2.13. The van der Waals surface area contributed by atoms with E-state index in [1.54, 1.807) is 6.20 Å². The second-order valence-electron chi connectivity index (χ2n) is 5.87. The van der Waals surface area contributed by atoms with Crippen LogP contribution in [0.3, 0.4) is 0 Å². The van der Waals surface area contributed by atoms with Gasteiger partial charge >= 0.3 is 0 Å². The van der Waals surface area contributed by atoms with E-state index in [0.717, 1.165) is 11.4 Å². The van der Waals surface area contributed by atoms with E-state index in [1.807, 2.05) is 0 Å². The van der Waals surface area contributed by atoms with Gasteiger partial charge in [-0.05, 0) is 29.5 Å². The predicted octanol–water partition coefficient (Wildman–Crippen LogP) is 4.31. The van der Waals surface area contributed by atoms with Gasteiger partial charge < -0.3 is 4.74 Å². The predicted molar refractivity (Wildman–Crippen MR) is 81.3 cm³/mol. The summed E-state index contributed by atoms with van der Waals surface area (Å²) in [4.78, 5) is 8.19. The highest BCUT2D eigenvalue weighted by Crippen LogP contribution is 2.32. The van der Waals surface area contributed by atoms with Gasteiger partial charge in [0.15, 0.2) is 0 Å². The molecule has 0 aliphatic heterocycles. The van der Waals surface area contributed by atoms with Crippen molar-refractivity contribution in [3.05, 3.63) is 52.6 Å². The summed E-state index contributed by atoms with van der Waals surface area (Å²) in [5.74, 6) is 0.897. The zero-order valence-corrected chi connectivity index (χ0v) is 13.0. The molecule has 3 nitrogen and oxygen atoms in total. The van der Waals surface area contributed by atoms with Gasteiger partial charge in [-0.15, -0.1) is 0 Å². The molecule has 2 rings (SSSR count). The first-order valence-corrected chi connectivity index (χ1v) is 6.94.